The predicted molar refractivity (Wildman–Crippen MR) is 97.5 cm³/mol. The zero-order valence-corrected chi connectivity index (χ0v) is 16.8. The number of nitrogens with zero attached hydrogens (tertiary/aromatic N) is 1. The van der Waals surface area contributed by atoms with Gasteiger partial charge >= 0.3 is 0 Å². The first-order valence-corrected chi connectivity index (χ1v) is 9.54. The van der Waals surface area contributed by atoms with E-state index in [9.17, 15) is 9.59 Å². The van der Waals surface area contributed by atoms with Gasteiger partial charge in [-0.25, -0.2) is 0 Å². The van der Waals surface area contributed by atoms with E-state index in [0.717, 1.165) is 25.7 Å². The molecule has 2 aliphatic heterocycles. The minimum atomic E-state index is -0.205. The summed E-state index contributed by atoms with van der Waals surface area (Å²) < 4.78 is 0. The van der Waals surface area contributed by atoms with E-state index in [2.05, 4.69) is 53.8 Å². The van der Waals surface area contributed by atoms with Gasteiger partial charge in [0.15, 0.2) is 0 Å². The van der Waals surface area contributed by atoms with Crippen molar-refractivity contribution in [2.24, 2.45) is 17.3 Å². The van der Waals surface area contributed by atoms with Crippen LogP contribution in [0.15, 0.2) is 0 Å². The maximum absolute atomic E-state index is 13.3. The highest BCUT2D eigenvalue weighted by Crippen LogP contribution is 2.46. The van der Waals surface area contributed by atoms with E-state index in [4.69, 9.17) is 0 Å². The Labute approximate surface area is 147 Å². The van der Waals surface area contributed by atoms with Crippen molar-refractivity contribution >= 4 is 11.8 Å². The molecule has 0 aliphatic carbocycles. The fourth-order valence-corrected chi connectivity index (χ4v) is 5.24. The average molecular weight is 337 g/mol. The van der Waals surface area contributed by atoms with E-state index in [-0.39, 0.29) is 46.2 Å². The van der Waals surface area contributed by atoms with Crippen molar-refractivity contribution in [1.82, 2.24) is 10.2 Å². The molecular formula is C20H36N2O2. The lowest BCUT2D eigenvalue weighted by Gasteiger charge is -2.48. The second kappa shape index (κ2) is 6.12. The van der Waals surface area contributed by atoms with Gasteiger partial charge in [0.25, 0.3) is 0 Å². The van der Waals surface area contributed by atoms with Crippen molar-refractivity contribution in [3.8, 4) is 0 Å². The summed E-state index contributed by atoms with van der Waals surface area (Å²) in [6.45, 7) is 17.0. The summed E-state index contributed by atoms with van der Waals surface area (Å²) in [5.74, 6) is -0.279. The summed E-state index contributed by atoms with van der Waals surface area (Å²) in [7, 11) is 0. The van der Waals surface area contributed by atoms with E-state index in [1.165, 1.54) is 0 Å². The second-order valence-corrected chi connectivity index (χ2v) is 9.63. The molecule has 1 N–H and O–H groups in total. The summed E-state index contributed by atoms with van der Waals surface area (Å²) >= 11 is 0. The average Bonchev–Trinajstić information content (AvgIpc) is 2.65. The molecule has 2 aliphatic rings. The Morgan fingerprint density at radius 3 is 1.92 bits per heavy atom. The van der Waals surface area contributed by atoms with Gasteiger partial charge in [0.2, 0.25) is 11.8 Å². The SMILES string of the molecule is CCC(C)(CC)C1C(=O)N(C2CC(C)(C)NC(C)(C)C2)C(=O)C1C. The third kappa shape index (κ3) is 3.26. The molecule has 0 radical (unpaired) electrons. The van der Waals surface area contributed by atoms with Crippen LogP contribution in [0.3, 0.4) is 0 Å². The Balaban J connectivity index is 2.35. The Morgan fingerprint density at radius 2 is 1.50 bits per heavy atom. The van der Waals surface area contributed by atoms with Gasteiger partial charge in [-0.15, -0.1) is 0 Å². The summed E-state index contributed by atoms with van der Waals surface area (Å²) in [5.41, 5.74) is -0.251. The van der Waals surface area contributed by atoms with Crippen molar-refractivity contribution in [2.45, 2.75) is 98.2 Å². The van der Waals surface area contributed by atoms with Gasteiger partial charge in [-0.2, -0.15) is 0 Å². The molecule has 0 saturated carbocycles. The number of carbonyl (C=O) groups is 2. The fourth-order valence-electron chi connectivity index (χ4n) is 5.24. The zero-order valence-electron chi connectivity index (χ0n) is 16.8. The molecule has 2 saturated heterocycles. The van der Waals surface area contributed by atoms with Crippen molar-refractivity contribution in [3.63, 3.8) is 0 Å². The highest BCUT2D eigenvalue weighted by molar-refractivity contribution is 6.05. The number of rotatable bonds is 4. The van der Waals surface area contributed by atoms with Crippen LogP contribution in [0.1, 0.15) is 81.1 Å². The summed E-state index contributed by atoms with van der Waals surface area (Å²) in [5, 5.41) is 3.64. The number of hydrogen-bond acceptors (Lipinski definition) is 3. The molecule has 2 amide bonds. The molecule has 2 atom stereocenters. The van der Waals surface area contributed by atoms with Crippen molar-refractivity contribution in [1.29, 1.82) is 0 Å². The van der Waals surface area contributed by atoms with E-state index in [1.54, 1.807) is 4.90 Å². The van der Waals surface area contributed by atoms with Gasteiger partial charge in [0.05, 0.1) is 5.92 Å². The molecule has 0 spiro atoms. The van der Waals surface area contributed by atoms with E-state index in [0.29, 0.717) is 0 Å². The van der Waals surface area contributed by atoms with Crippen LogP contribution < -0.4 is 5.32 Å². The maximum Gasteiger partial charge on any atom is 0.233 e. The number of nitrogens with one attached hydrogen (secondary N) is 1. The zero-order chi connectivity index (χ0) is 18.5. The molecule has 0 aromatic heterocycles. The second-order valence-electron chi connectivity index (χ2n) is 9.63. The molecule has 2 fully saturated rings. The highest BCUT2D eigenvalue weighted by atomic mass is 16.2. The summed E-state index contributed by atoms with van der Waals surface area (Å²) in [6, 6.07) is 0.00154. The highest BCUT2D eigenvalue weighted by Gasteiger charge is 2.55. The van der Waals surface area contributed by atoms with Crippen molar-refractivity contribution < 1.29 is 9.59 Å². The van der Waals surface area contributed by atoms with E-state index in [1.807, 2.05) is 6.92 Å². The molecular weight excluding hydrogens is 300 g/mol. The Morgan fingerprint density at radius 1 is 1.04 bits per heavy atom. The monoisotopic (exact) mass is 336 g/mol. The number of amides is 2. The van der Waals surface area contributed by atoms with Crippen molar-refractivity contribution in [3.05, 3.63) is 0 Å². The Bertz CT molecular complexity index is 504. The van der Waals surface area contributed by atoms with Gasteiger partial charge in [-0.3, -0.25) is 14.5 Å². The van der Waals surface area contributed by atoms with Crippen LogP contribution in [0.4, 0.5) is 0 Å². The van der Waals surface area contributed by atoms with Crippen LogP contribution in [0, 0.1) is 17.3 Å². The fraction of sp³-hybridized carbons (Fsp3) is 0.900. The number of likely N-dealkylation sites (tertiary alicyclic amines) is 1. The van der Waals surface area contributed by atoms with Crippen LogP contribution in [0.25, 0.3) is 0 Å². The molecule has 0 aromatic carbocycles. The number of piperidine rings is 1. The maximum atomic E-state index is 13.3. The molecule has 138 valence electrons. The largest absolute Gasteiger partial charge is 0.307 e. The smallest absolute Gasteiger partial charge is 0.233 e. The topological polar surface area (TPSA) is 49.4 Å². The lowest BCUT2D eigenvalue weighted by molar-refractivity contribution is -0.145. The predicted octanol–water partition coefficient (Wildman–Crippen LogP) is 3.74. The number of imide groups is 1. The Hall–Kier alpha value is -0.900. The molecule has 4 nitrogen and oxygen atoms in total. The third-order valence-corrected chi connectivity index (χ3v) is 6.53. The molecule has 2 unspecified atom stereocenters. The normalized spacial score (nSPS) is 30.9. The minimum Gasteiger partial charge on any atom is -0.307 e. The summed E-state index contributed by atoms with van der Waals surface area (Å²) in [4.78, 5) is 27.9. The van der Waals surface area contributed by atoms with Crippen LogP contribution in [-0.4, -0.2) is 33.8 Å². The van der Waals surface area contributed by atoms with Crippen molar-refractivity contribution in [2.75, 3.05) is 0 Å². The minimum absolute atomic E-state index is 0.00154. The number of carbonyl (C=O) groups excluding carboxylic acids is 2. The first-order chi connectivity index (χ1) is 10.9. The quantitative estimate of drug-likeness (QED) is 0.796. The van der Waals surface area contributed by atoms with Gasteiger partial charge in [-0.1, -0.05) is 27.7 Å². The molecule has 24 heavy (non-hydrogen) atoms. The van der Waals surface area contributed by atoms with Gasteiger partial charge < -0.3 is 5.32 Å². The molecule has 0 bridgehead atoms. The van der Waals surface area contributed by atoms with Crippen LogP contribution in [0.2, 0.25) is 0 Å². The Kier molecular flexibility index (Phi) is 4.95. The van der Waals surface area contributed by atoms with Gasteiger partial charge in [-0.05, 0) is 58.8 Å². The molecule has 4 heteroatoms. The molecule has 2 rings (SSSR count). The van der Waals surface area contributed by atoms with Crippen LogP contribution in [0.5, 0.6) is 0 Å². The number of hydrogen-bond donors (Lipinski definition) is 1. The van der Waals surface area contributed by atoms with Gasteiger partial charge in [0.1, 0.15) is 0 Å². The van der Waals surface area contributed by atoms with E-state index >= 15 is 0 Å². The standard InChI is InChI=1S/C20H36N2O2/c1-9-20(8,10-2)15-13(3)16(23)22(17(15)24)14-11-18(4,5)21-19(6,7)12-14/h13-15,21H,9-12H2,1-8H3. The molecule has 2 heterocycles. The van der Waals surface area contributed by atoms with E-state index < -0.39 is 0 Å². The first kappa shape index (κ1) is 19.4. The lowest BCUT2D eigenvalue weighted by Crippen LogP contribution is -2.63. The van der Waals surface area contributed by atoms with Gasteiger partial charge in [0, 0.05) is 23.0 Å². The van der Waals surface area contributed by atoms with Crippen LogP contribution >= 0.6 is 0 Å². The van der Waals surface area contributed by atoms with Crippen LogP contribution in [-0.2, 0) is 9.59 Å². The summed E-state index contributed by atoms with van der Waals surface area (Å²) in [6.07, 6.45) is 3.49. The third-order valence-electron chi connectivity index (χ3n) is 6.53. The molecule has 0 aromatic rings. The first-order valence-electron chi connectivity index (χ1n) is 9.54. The lowest BCUT2D eigenvalue weighted by atomic mass is 9.69.